The number of thiophene rings is 1. The van der Waals surface area contributed by atoms with E-state index >= 15 is 0 Å². The summed E-state index contributed by atoms with van der Waals surface area (Å²) in [5, 5.41) is 4.97. The van der Waals surface area contributed by atoms with Gasteiger partial charge in [0.25, 0.3) is 5.91 Å². The lowest BCUT2D eigenvalue weighted by Crippen LogP contribution is -2.13. The standard InChI is InChI=1S/C28H27N2O3PS/c29-24-14-13-21(27-8-3-15-35-27)17-25(24)30-28(31)20-11-9-18(10-12-20)16-23-22(19-4-1-5-19)6-2-7-26(23)33-34-32/h2-3,6-15,17,19H,1,4-5,16,29,34H2,(H,30,31). The first kappa shape index (κ1) is 23.4. The normalized spacial score (nSPS) is 13.6. The van der Waals surface area contributed by atoms with Gasteiger partial charge in [-0.2, -0.15) is 0 Å². The molecule has 7 heteroatoms. The van der Waals surface area contributed by atoms with Crippen LogP contribution in [0.4, 0.5) is 11.4 Å². The van der Waals surface area contributed by atoms with Crippen LogP contribution >= 0.6 is 20.0 Å². The number of amides is 1. The van der Waals surface area contributed by atoms with Gasteiger partial charge in [0.15, 0.2) is 0 Å². The first-order valence-corrected chi connectivity index (χ1v) is 13.5. The molecular formula is C28H27N2O3PS. The molecule has 35 heavy (non-hydrogen) atoms. The Morgan fingerprint density at radius 2 is 1.89 bits per heavy atom. The van der Waals surface area contributed by atoms with E-state index in [-0.39, 0.29) is 5.91 Å². The van der Waals surface area contributed by atoms with Crippen LogP contribution in [0.25, 0.3) is 10.4 Å². The van der Waals surface area contributed by atoms with Gasteiger partial charge in [0.05, 0.1) is 11.4 Å². The number of nitrogen functional groups attached to an aromatic ring is 1. The van der Waals surface area contributed by atoms with Gasteiger partial charge in [-0.3, -0.25) is 9.36 Å². The molecule has 1 aliphatic rings. The van der Waals surface area contributed by atoms with Gasteiger partial charge < -0.3 is 15.6 Å². The third-order valence-electron chi connectivity index (χ3n) is 6.59. The Morgan fingerprint density at radius 1 is 1.06 bits per heavy atom. The van der Waals surface area contributed by atoms with Crippen molar-refractivity contribution >= 4 is 37.3 Å². The molecule has 3 aromatic carbocycles. The number of carbonyl (C=O) groups excluding carboxylic acids is 1. The summed E-state index contributed by atoms with van der Waals surface area (Å²) in [4.78, 5) is 14.1. The fourth-order valence-corrected chi connectivity index (χ4v) is 5.52. The molecule has 0 bridgehead atoms. The summed E-state index contributed by atoms with van der Waals surface area (Å²) < 4.78 is 16.8. The molecule has 1 saturated carbocycles. The van der Waals surface area contributed by atoms with Crippen molar-refractivity contribution in [2.45, 2.75) is 31.6 Å². The molecule has 1 aliphatic carbocycles. The lowest BCUT2D eigenvalue weighted by Gasteiger charge is -2.28. The fraction of sp³-hybridized carbons (Fsp3) is 0.179. The minimum Gasteiger partial charge on any atom is -0.447 e. The summed E-state index contributed by atoms with van der Waals surface area (Å²) in [6.07, 6.45) is 4.26. The van der Waals surface area contributed by atoms with Gasteiger partial charge in [-0.05, 0) is 77.2 Å². The summed E-state index contributed by atoms with van der Waals surface area (Å²) in [5.74, 6) is 1.03. The van der Waals surface area contributed by atoms with Gasteiger partial charge in [-0.15, -0.1) is 11.3 Å². The van der Waals surface area contributed by atoms with Crippen molar-refractivity contribution in [2.24, 2.45) is 0 Å². The molecule has 0 aliphatic heterocycles. The highest BCUT2D eigenvalue weighted by Crippen LogP contribution is 2.41. The van der Waals surface area contributed by atoms with E-state index in [2.05, 4.69) is 11.4 Å². The average Bonchev–Trinajstić information content (AvgIpc) is 3.37. The molecule has 1 fully saturated rings. The van der Waals surface area contributed by atoms with Gasteiger partial charge in [-0.25, -0.2) is 0 Å². The first-order chi connectivity index (χ1) is 17.1. The molecule has 178 valence electrons. The third-order valence-corrected chi connectivity index (χ3v) is 7.86. The molecule has 1 amide bonds. The molecule has 1 unspecified atom stereocenters. The van der Waals surface area contributed by atoms with Gasteiger partial charge in [-0.1, -0.05) is 42.8 Å². The Balaban J connectivity index is 1.33. The largest absolute Gasteiger partial charge is 0.447 e. The second kappa shape index (κ2) is 10.5. The van der Waals surface area contributed by atoms with Crippen LogP contribution in [0.1, 0.15) is 52.2 Å². The number of nitrogens with one attached hydrogen (secondary N) is 1. The molecule has 3 N–H and O–H groups in total. The van der Waals surface area contributed by atoms with Crippen molar-refractivity contribution in [3.8, 4) is 16.2 Å². The van der Waals surface area contributed by atoms with Gasteiger partial charge in [0.2, 0.25) is 8.69 Å². The molecule has 4 aromatic rings. The molecule has 5 nitrogen and oxygen atoms in total. The van der Waals surface area contributed by atoms with E-state index < -0.39 is 8.69 Å². The molecule has 1 atom stereocenters. The van der Waals surface area contributed by atoms with Gasteiger partial charge in [0.1, 0.15) is 5.75 Å². The third kappa shape index (κ3) is 5.19. The summed E-state index contributed by atoms with van der Waals surface area (Å²) in [7, 11) is -1.32. The lowest BCUT2D eigenvalue weighted by molar-refractivity contribution is 0.102. The van der Waals surface area contributed by atoms with Crippen molar-refractivity contribution in [1.29, 1.82) is 0 Å². The van der Waals surface area contributed by atoms with E-state index in [9.17, 15) is 9.36 Å². The number of hydrogen-bond acceptors (Lipinski definition) is 5. The number of anilines is 2. The van der Waals surface area contributed by atoms with Crippen LogP contribution in [0.5, 0.6) is 5.75 Å². The van der Waals surface area contributed by atoms with Crippen LogP contribution in [-0.4, -0.2) is 5.91 Å². The van der Waals surface area contributed by atoms with Crippen LogP contribution in [0.3, 0.4) is 0 Å². The van der Waals surface area contributed by atoms with Crippen LogP contribution in [0, 0.1) is 0 Å². The summed E-state index contributed by atoms with van der Waals surface area (Å²) >= 11 is 1.64. The van der Waals surface area contributed by atoms with E-state index in [1.807, 2.05) is 72.1 Å². The predicted molar refractivity (Wildman–Crippen MR) is 145 cm³/mol. The summed E-state index contributed by atoms with van der Waals surface area (Å²) in [5.41, 5.74) is 12.3. The van der Waals surface area contributed by atoms with Crippen molar-refractivity contribution < 1.29 is 13.9 Å². The Morgan fingerprint density at radius 3 is 2.57 bits per heavy atom. The van der Waals surface area contributed by atoms with Gasteiger partial charge >= 0.3 is 0 Å². The molecule has 1 heterocycles. The SMILES string of the molecule is Nc1ccc(-c2cccs2)cc1NC(=O)c1ccc(Cc2c(O[PH2]=O)cccc2C2CCC2)cc1. The molecular weight excluding hydrogens is 475 g/mol. The van der Waals surface area contributed by atoms with Crippen LogP contribution in [0.15, 0.2) is 78.2 Å². The maximum atomic E-state index is 12.9. The van der Waals surface area contributed by atoms with E-state index in [0.717, 1.165) is 21.6 Å². The highest BCUT2D eigenvalue weighted by molar-refractivity contribution is 7.17. The van der Waals surface area contributed by atoms with E-state index in [1.54, 1.807) is 11.3 Å². The number of rotatable bonds is 8. The minimum atomic E-state index is -1.32. The van der Waals surface area contributed by atoms with Crippen molar-refractivity contribution in [3.63, 3.8) is 0 Å². The molecule has 0 spiro atoms. The van der Waals surface area contributed by atoms with Crippen molar-refractivity contribution in [1.82, 2.24) is 0 Å². The van der Waals surface area contributed by atoms with Gasteiger partial charge in [0, 0.05) is 22.4 Å². The summed E-state index contributed by atoms with van der Waals surface area (Å²) in [6, 6.07) is 23.3. The number of benzene rings is 3. The molecule has 0 radical (unpaired) electrons. The topological polar surface area (TPSA) is 81.4 Å². The quantitative estimate of drug-likeness (QED) is 0.198. The first-order valence-electron chi connectivity index (χ1n) is 11.7. The van der Waals surface area contributed by atoms with E-state index in [4.69, 9.17) is 10.3 Å². The van der Waals surface area contributed by atoms with Crippen LogP contribution < -0.4 is 15.6 Å². The van der Waals surface area contributed by atoms with Crippen LogP contribution in [-0.2, 0) is 11.0 Å². The number of nitrogens with two attached hydrogens (primary N) is 1. The number of carbonyl (C=O) groups is 1. The molecule has 1 aromatic heterocycles. The Hall–Kier alpha value is -3.34. The van der Waals surface area contributed by atoms with E-state index in [1.165, 1.54) is 24.8 Å². The molecule has 5 rings (SSSR count). The fourth-order valence-electron chi connectivity index (χ4n) is 4.47. The predicted octanol–water partition coefficient (Wildman–Crippen LogP) is 7.16. The smallest absolute Gasteiger partial charge is 0.255 e. The van der Waals surface area contributed by atoms with Crippen molar-refractivity contribution in [3.05, 3.63) is 100 Å². The zero-order valence-corrected chi connectivity index (χ0v) is 21.2. The number of hydrogen-bond donors (Lipinski definition) is 2. The second-order valence-electron chi connectivity index (χ2n) is 8.77. The zero-order valence-electron chi connectivity index (χ0n) is 19.2. The van der Waals surface area contributed by atoms with Crippen molar-refractivity contribution in [2.75, 3.05) is 11.1 Å². The zero-order chi connectivity index (χ0) is 24.2. The maximum Gasteiger partial charge on any atom is 0.255 e. The lowest BCUT2D eigenvalue weighted by atomic mass is 9.77. The Labute approximate surface area is 210 Å². The second-order valence-corrected chi connectivity index (χ2v) is 10.1. The summed E-state index contributed by atoms with van der Waals surface area (Å²) in [6.45, 7) is 0. The highest BCUT2D eigenvalue weighted by atomic mass is 32.1. The maximum absolute atomic E-state index is 12.9. The minimum absolute atomic E-state index is 0.208. The Kier molecular flexibility index (Phi) is 7.03. The monoisotopic (exact) mass is 502 g/mol. The average molecular weight is 503 g/mol. The van der Waals surface area contributed by atoms with E-state index in [0.29, 0.717) is 35.0 Å². The van der Waals surface area contributed by atoms with Crippen LogP contribution in [0.2, 0.25) is 0 Å². The highest BCUT2D eigenvalue weighted by Gasteiger charge is 2.24. The Bertz CT molecular complexity index is 1350. The molecule has 0 saturated heterocycles.